The van der Waals surface area contributed by atoms with Crippen LogP contribution in [0.2, 0.25) is 0 Å². The molecule has 74 valence electrons. The van der Waals surface area contributed by atoms with Crippen molar-refractivity contribution in [3.8, 4) is 0 Å². The van der Waals surface area contributed by atoms with Crippen LogP contribution in [0, 0.1) is 0 Å². The second-order valence-electron chi connectivity index (χ2n) is 2.68. The van der Waals surface area contributed by atoms with Gasteiger partial charge < -0.3 is 5.32 Å². The fourth-order valence-corrected chi connectivity index (χ4v) is 1.32. The largest absolute Gasteiger partial charge is 0.312 e. The lowest BCUT2D eigenvalue weighted by Crippen LogP contribution is -2.23. The van der Waals surface area contributed by atoms with Crippen LogP contribution in [-0.2, 0) is 0 Å². The average Bonchev–Trinajstić information content (AvgIpc) is 2.22. The molecule has 0 aliphatic carbocycles. The van der Waals surface area contributed by atoms with Gasteiger partial charge in [-0.2, -0.15) is 0 Å². The normalized spacial score (nSPS) is 16.8. The standard InChI is InChI=1S/C10H15N.C2H6/c1-3-5-10-6-7-11-8-9(10)4-2;1-2/h3-5,11H,2,6-8H2,1H3;1-2H3/b5-3-;. The summed E-state index contributed by atoms with van der Waals surface area (Å²) >= 11 is 0. The smallest absolute Gasteiger partial charge is 0.0208 e. The quantitative estimate of drug-likeness (QED) is 0.687. The molecular weight excluding hydrogens is 158 g/mol. The SMILES string of the molecule is C=CC1=C(/C=C\C)CCNC1.CC. The molecule has 0 bridgehead atoms. The zero-order valence-corrected chi connectivity index (χ0v) is 9.06. The summed E-state index contributed by atoms with van der Waals surface area (Å²) in [5.41, 5.74) is 2.77. The van der Waals surface area contributed by atoms with Gasteiger partial charge in [0.15, 0.2) is 0 Å². The van der Waals surface area contributed by atoms with Crippen LogP contribution < -0.4 is 5.32 Å². The van der Waals surface area contributed by atoms with Gasteiger partial charge in [0.05, 0.1) is 0 Å². The van der Waals surface area contributed by atoms with Gasteiger partial charge >= 0.3 is 0 Å². The molecule has 1 N–H and O–H groups in total. The highest BCUT2D eigenvalue weighted by Crippen LogP contribution is 2.14. The highest BCUT2D eigenvalue weighted by Gasteiger charge is 2.05. The van der Waals surface area contributed by atoms with E-state index in [2.05, 4.69) is 31.0 Å². The van der Waals surface area contributed by atoms with Crippen molar-refractivity contribution in [1.82, 2.24) is 5.32 Å². The fraction of sp³-hybridized carbons (Fsp3) is 0.500. The Hall–Kier alpha value is -0.820. The molecule has 1 aliphatic heterocycles. The van der Waals surface area contributed by atoms with Gasteiger partial charge in [-0.15, -0.1) is 0 Å². The Bertz CT molecular complexity index is 199. The van der Waals surface area contributed by atoms with Crippen LogP contribution in [0.1, 0.15) is 27.2 Å². The van der Waals surface area contributed by atoms with E-state index >= 15 is 0 Å². The molecule has 0 spiro atoms. The molecule has 0 aromatic carbocycles. The summed E-state index contributed by atoms with van der Waals surface area (Å²) in [6, 6.07) is 0. The Balaban J connectivity index is 0.000000671. The average molecular weight is 179 g/mol. The van der Waals surface area contributed by atoms with Crippen molar-refractivity contribution in [2.45, 2.75) is 27.2 Å². The van der Waals surface area contributed by atoms with Gasteiger partial charge in [-0.05, 0) is 31.0 Å². The zero-order chi connectivity index (χ0) is 10.1. The maximum Gasteiger partial charge on any atom is 0.0208 e. The van der Waals surface area contributed by atoms with E-state index in [1.54, 1.807) is 0 Å². The summed E-state index contributed by atoms with van der Waals surface area (Å²) < 4.78 is 0. The molecule has 0 fully saturated rings. The maximum atomic E-state index is 3.79. The van der Waals surface area contributed by atoms with Gasteiger partial charge in [-0.3, -0.25) is 0 Å². The highest BCUT2D eigenvalue weighted by molar-refractivity contribution is 5.34. The Labute approximate surface area is 82.2 Å². The van der Waals surface area contributed by atoms with Crippen LogP contribution in [0.3, 0.4) is 0 Å². The van der Waals surface area contributed by atoms with Gasteiger partial charge in [-0.1, -0.05) is 38.7 Å². The van der Waals surface area contributed by atoms with E-state index < -0.39 is 0 Å². The van der Waals surface area contributed by atoms with E-state index in [4.69, 9.17) is 0 Å². The summed E-state index contributed by atoms with van der Waals surface area (Å²) in [4.78, 5) is 0. The molecule has 1 heterocycles. The van der Waals surface area contributed by atoms with Crippen molar-refractivity contribution in [3.63, 3.8) is 0 Å². The van der Waals surface area contributed by atoms with Crippen molar-refractivity contribution in [3.05, 3.63) is 36.0 Å². The predicted octanol–water partition coefficient (Wildman–Crippen LogP) is 3.06. The summed E-state index contributed by atoms with van der Waals surface area (Å²) in [6.07, 6.45) is 7.34. The molecule has 1 heteroatoms. The zero-order valence-electron chi connectivity index (χ0n) is 9.06. The molecule has 1 aliphatic rings. The summed E-state index contributed by atoms with van der Waals surface area (Å²) in [5.74, 6) is 0. The van der Waals surface area contributed by atoms with Crippen molar-refractivity contribution in [1.29, 1.82) is 0 Å². The third-order valence-corrected chi connectivity index (χ3v) is 1.91. The second kappa shape index (κ2) is 7.81. The molecule has 0 atom stereocenters. The molecule has 0 saturated heterocycles. The maximum absolute atomic E-state index is 3.79. The first kappa shape index (κ1) is 12.2. The van der Waals surface area contributed by atoms with Gasteiger partial charge in [0.25, 0.3) is 0 Å². The van der Waals surface area contributed by atoms with E-state index in [9.17, 15) is 0 Å². The fourth-order valence-electron chi connectivity index (χ4n) is 1.32. The lowest BCUT2D eigenvalue weighted by molar-refractivity contribution is 0.696. The minimum absolute atomic E-state index is 0.975. The second-order valence-corrected chi connectivity index (χ2v) is 2.68. The molecule has 0 aromatic rings. The van der Waals surface area contributed by atoms with Gasteiger partial charge in [0.1, 0.15) is 0 Å². The molecule has 0 amide bonds. The Kier molecular flexibility index (Phi) is 7.32. The molecular formula is C12H21N. The van der Waals surface area contributed by atoms with Gasteiger partial charge in [0, 0.05) is 6.54 Å². The minimum atomic E-state index is 0.975. The van der Waals surface area contributed by atoms with E-state index in [-0.39, 0.29) is 0 Å². The van der Waals surface area contributed by atoms with Gasteiger partial charge in [-0.25, -0.2) is 0 Å². The topological polar surface area (TPSA) is 12.0 Å². The Morgan fingerprint density at radius 3 is 2.54 bits per heavy atom. The first-order valence-electron chi connectivity index (χ1n) is 5.06. The molecule has 0 unspecified atom stereocenters. The molecule has 0 radical (unpaired) electrons. The van der Waals surface area contributed by atoms with E-state index in [0.29, 0.717) is 0 Å². The monoisotopic (exact) mass is 179 g/mol. The van der Waals surface area contributed by atoms with E-state index in [1.807, 2.05) is 19.9 Å². The van der Waals surface area contributed by atoms with Crippen molar-refractivity contribution < 1.29 is 0 Å². The summed E-state index contributed by atoms with van der Waals surface area (Å²) in [6.45, 7) is 11.9. The minimum Gasteiger partial charge on any atom is -0.312 e. The Morgan fingerprint density at radius 1 is 1.31 bits per heavy atom. The highest BCUT2D eigenvalue weighted by atomic mass is 14.9. The van der Waals surface area contributed by atoms with Crippen LogP contribution >= 0.6 is 0 Å². The number of hydrogen-bond donors (Lipinski definition) is 1. The van der Waals surface area contributed by atoms with Crippen LogP contribution in [0.5, 0.6) is 0 Å². The van der Waals surface area contributed by atoms with Crippen molar-refractivity contribution >= 4 is 0 Å². The number of nitrogens with one attached hydrogen (secondary N) is 1. The first-order valence-corrected chi connectivity index (χ1v) is 5.06. The first-order chi connectivity index (χ1) is 6.38. The molecule has 13 heavy (non-hydrogen) atoms. The predicted molar refractivity (Wildman–Crippen MR) is 60.9 cm³/mol. The molecule has 1 nitrogen and oxygen atoms in total. The molecule has 0 aromatic heterocycles. The number of rotatable bonds is 2. The van der Waals surface area contributed by atoms with E-state index in [0.717, 1.165) is 19.5 Å². The van der Waals surface area contributed by atoms with Crippen LogP contribution in [0.15, 0.2) is 36.0 Å². The lowest BCUT2D eigenvalue weighted by atomic mass is 10.0. The van der Waals surface area contributed by atoms with Crippen molar-refractivity contribution in [2.24, 2.45) is 0 Å². The summed E-state index contributed by atoms with van der Waals surface area (Å²) in [7, 11) is 0. The van der Waals surface area contributed by atoms with E-state index in [1.165, 1.54) is 11.1 Å². The third kappa shape index (κ3) is 4.09. The van der Waals surface area contributed by atoms with Crippen LogP contribution in [-0.4, -0.2) is 13.1 Å². The lowest BCUT2D eigenvalue weighted by Gasteiger charge is -2.16. The van der Waals surface area contributed by atoms with Crippen molar-refractivity contribution in [2.75, 3.05) is 13.1 Å². The van der Waals surface area contributed by atoms with Gasteiger partial charge in [0.2, 0.25) is 0 Å². The Morgan fingerprint density at radius 2 is 2.00 bits per heavy atom. The van der Waals surface area contributed by atoms with Crippen LogP contribution in [0.4, 0.5) is 0 Å². The van der Waals surface area contributed by atoms with Crippen LogP contribution in [0.25, 0.3) is 0 Å². The number of allylic oxidation sites excluding steroid dienone is 2. The molecule has 0 saturated carbocycles. The third-order valence-electron chi connectivity index (χ3n) is 1.91. The molecule has 1 rings (SSSR count). The summed E-state index contributed by atoms with van der Waals surface area (Å²) in [5, 5.41) is 3.31. The number of hydrogen-bond acceptors (Lipinski definition) is 1.